The van der Waals surface area contributed by atoms with Gasteiger partial charge in [0, 0.05) is 6.20 Å². The van der Waals surface area contributed by atoms with Gasteiger partial charge in [-0.2, -0.15) is 5.26 Å². The maximum absolute atomic E-state index is 13.8. The van der Waals surface area contributed by atoms with Crippen LogP contribution in [0.3, 0.4) is 0 Å². The zero-order valence-electron chi connectivity index (χ0n) is 10.5. The smallest absolute Gasteiger partial charge is 0.167 e. The summed E-state index contributed by atoms with van der Waals surface area (Å²) in [5, 5.41) is 11.8. The summed E-state index contributed by atoms with van der Waals surface area (Å²) in [7, 11) is 0. The Balaban J connectivity index is 2.47. The van der Waals surface area contributed by atoms with Crippen molar-refractivity contribution < 1.29 is 4.39 Å². The number of nitriles is 1. The van der Waals surface area contributed by atoms with Crippen LogP contribution < -0.4 is 11.1 Å². The Hall–Kier alpha value is -2.68. The van der Waals surface area contributed by atoms with Crippen LogP contribution in [0.1, 0.15) is 16.8 Å². The fourth-order valence-corrected chi connectivity index (χ4v) is 1.58. The van der Waals surface area contributed by atoms with Crippen molar-refractivity contribution in [1.82, 2.24) is 9.97 Å². The van der Waals surface area contributed by atoms with Crippen LogP contribution in [0.5, 0.6) is 0 Å². The predicted octanol–water partition coefficient (Wildman–Crippen LogP) is 2.43. The van der Waals surface area contributed by atoms with E-state index in [-0.39, 0.29) is 17.2 Å². The SMILES string of the molecule is Cc1cc(C#N)c(Nc2ccnc(C)c2F)nc1N. The molecule has 0 amide bonds. The molecule has 0 bridgehead atoms. The van der Waals surface area contributed by atoms with E-state index >= 15 is 0 Å². The van der Waals surface area contributed by atoms with Crippen LogP contribution in [-0.4, -0.2) is 9.97 Å². The fourth-order valence-electron chi connectivity index (χ4n) is 1.58. The molecule has 0 aliphatic carbocycles. The van der Waals surface area contributed by atoms with E-state index in [9.17, 15) is 4.39 Å². The standard InChI is InChI=1S/C13H12FN5/c1-7-5-9(6-15)13(19-12(7)16)18-10-3-4-17-8(2)11(10)14/h3-5H,1-2H3,(H3,16,17,18,19). The summed E-state index contributed by atoms with van der Waals surface area (Å²) in [6, 6.07) is 5.08. The first-order chi connectivity index (χ1) is 9.02. The molecule has 0 aromatic carbocycles. The Labute approximate surface area is 109 Å². The minimum Gasteiger partial charge on any atom is -0.383 e. The zero-order chi connectivity index (χ0) is 14.0. The van der Waals surface area contributed by atoms with Crippen molar-refractivity contribution in [3.8, 4) is 6.07 Å². The molecule has 0 saturated heterocycles. The summed E-state index contributed by atoms with van der Waals surface area (Å²) in [6.07, 6.45) is 1.48. The highest BCUT2D eigenvalue weighted by Crippen LogP contribution is 2.24. The average Bonchev–Trinajstić information content (AvgIpc) is 2.39. The third-order valence-corrected chi connectivity index (χ3v) is 2.69. The van der Waals surface area contributed by atoms with Crippen molar-refractivity contribution in [2.24, 2.45) is 0 Å². The number of hydrogen-bond donors (Lipinski definition) is 2. The fraction of sp³-hybridized carbons (Fsp3) is 0.154. The van der Waals surface area contributed by atoms with Crippen LogP contribution in [0, 0.1) is 31.0 Å². The number of nitrogens with two attached hydrogens (primary N) is 1. The summed E-state index contributed by atoms with van der Waals surface area (Å²) < 4.78 is 13.8. The van der Waals surface area contributed by atoms with Gasteiger partial charge in [0.1, 0.15) is 11.9 Å². The lowest BCUT2D eigenvalue weighted by molar-refractivity contribution is 0.614. The Morgan fingerprint density at radius 1 is 1.42 bits per heavy atom. The van der Waals surface area contributed by atoms with E-state index < -0.39 is 5.82 Å². The van der Waals surface area contributed by atoms with Gasteiger partial charge in [-0.3, -0.25) is 4.98 Å². The largest absolute Gasteiger partial charge is 0.383 e. The number of rotatable bonds is 2. The molecule has 6 heteroatoms. The molecule has 0 aliphatic rings. The second kappa shape index (κ2) is 4.90. The summed E-state index contributed by atoms with van der Waals surface area (Å²) in [4.78, 5) is 7.90. The minimum absolute atomic E-state index is 0.208. The van der Waals surface area contributed by atoms with Gasteiger partial charge in [0.25, 0.3) is 0 Å². The van der Waals surface area contributed by atoms with Crippen LogP contribution in [0.25, 0.3) is 0 Å². The molecule has 0 atom stereocenters. The molecule has 2 rings (SSSR count). The van der Waals surface area contributed by atoms with Gasteiger partial charge in [-0.1, -0.05) is 0 Å². The van der Waals surface area contributed by atoms with Gasteiger partial charge in [0.15, 0.2) is 11.6 Å². The van der Waals surface area contributed by atoms with E-state index in [1.54, 1.807) is 19.9 Å². The van der Waals surface area contributed by atoms with Gasteiger partial charge in [0.05, 0.1) is 16.9 Å². The van der Waals surface area contributed by atoms with Crippen LogP contribution in [0.15, 0.2) is 18.3 Å². The van der Waals surface area contributed by atoms with Crippen LogP contribution in [0.4, 0.5) is 21.7 Å². The molecule has 0 saturated carbocycles. The first kappa shape index (κ1) is 12.8. The van der Waals surface area contributed by atoms with Crippen molar-refractivity contribution in [1.29, 1.82) is 5.26 Å². The number of nitrogens with zero attached hydrogens (tertiary/aromatic N) is 3. The number of pyridine rings is 2. The molecule has 2 aromatic heterocycles. The Kier molecular flexibility index (Phi) is 3.29. The number of halogens is 1. The summed E-state index contributed by atoms with van der Waals surface area (Å²) in [6.45, 7) is 3.31. The quantitative estimate of drug-likeness (QED) is 0.862. The van der Waals surface area contributed by atoms with Crippen LogP contribution in [0.2, 0.25) is 0 Å². The Morgan fingerprint density at radius 2 is 2.16 bits per heavy atom. The van der Waals surface area contributed by atoms with E-state index in [2.05, 4.69) is 15.3 Å². The second-order valence-electron chi connectivity index (χ2n) is 4.08. The topological polar surface area (TPSA) is 87.6 Å². The van der Waals surface area contributed by atoms with Crippen molar-refractivity contribution in [3.05, 3.63) is 41.0 Å². The van der Waals surface area contributed by atoms with Gasteiger partial charge in [-0.25, -0.2) is 9.37 Å². The normalized spacial score (nSPS) is 10.0. The van der Waals surface area contributed by atoms with E-state index in [0.717, 1.165) is 0 Å². The first-order valence-corrected chi connectivity index (χ1v) is 5.58. The highest BCUT2D eigenvalue weighted by atomic mass is 19.1. The van der Waals surface area contributed by atoms with Gasteiger partial charge in [-0.05, 0) is 31.5 Å². The first-order valence-electron chi connectivity index (χ1n) is 5.58. The van der Waals surface area contributed by atoms with Gasteiger partial charge >= 0.3 is 0 Å². The van der Waals surface area contributed by atoms with Crippen molar-refractivity contribution in [2.75, 3.05) is 11.1 Å². The lowest BCUT2D eigenvalue weighted by Gasteiger charge is -2.10. The number of nitrogen functional groups attached to an aromatic ring is 1. The van der Waals surface area contributed by atoms with E-state index in [0.29, 0.717) is 16.9 Å². The van der Waals surface area contributed by atoms with Crippen molar-refractivity contribution in [3.63, 3.8) is 0 Å². The third-order valence-electron chi connectivity index (χ3n) is 2.69. The highest BCUT2D eigenvalue weighted by Gasteiger charge is 2.11. The predicted molar refractivity (Wildman–Crippen MR) is 70.3 cm³/mol. The molecule has 3 N–H and O–H groups in total. The molecule has 0 unspecified atom stereocenters. The molecule has 0 fully saturated rings. The molecule has 0 aliphatic heterocycles. The van der Waals surface area contributed by atoms with Gasteiger partial charge < -0.3 is 11.1 Å². The van der Waals surface area contributed by atoms with Crippen molar-refractivity contribution in [2.45, 2.75) is 13.8 Å². The summed E-state index contributed by atoms with van der Waals surface area (Å²) >= 11 is 0. The Morgan fingerprint density at radius 3 is 2.84 bits per heavy atom. The minimum atomic E-state index is -0.479. The summed E-state index contributed by atoms with van der Waals surface area (Å²) in [5.41, 5.74) is 7.18. The number of hydrogen-bond acceptors (Lipinski definition) is 5. The maximum Gasteiger partial charge on any atom is 0.167 e. The lowest BCUT2D eigenvalue weighted by atomic mass is 10.2. The molecule has 5 nitrogen and oxygen atoms in total. The molecular formula is C13H12FN5. The molecule has 2 aromatic rings. The maximum atomic E-state index is 13.8. The molecular weight excluding hydrogens is 245 g/mol. The third kappa shape index (κ3) is 2.45. The van der Waals surface area contributed by atoms with Crippen LogP contribution in [-0.2, 0) is 0 Å². The second-order valence-corrected chi connectivity index (χ2v) is 4.08. The number of aromatic nitrogens is 2. The average molecular weight is 257 g/mol. The monoisotopic (exact) mass is 257 g/mol. The summed E-state index contributed by atoms with van der Waals surface area (Å²) in [5.74, 6) is 0.0510. The van der Waals surface area contributed by atoms with E-state index in [1.165, 1.54) is 12.3 Å². The highest BCUT2D eigenvalue weighted by molar-refractivity contribution is 5.66. The van der Waals surface area contributed by atoms with Gasteiger partial charge in [-0.15, -0.1) is 0 Å². The molecule has 0 spiro atoms. The number of aryl methyl sites for hydroxylation is 2. The van der Waals surface area contributed by atoms with Gasteiger partial charge in [0.2, 0.25) is 0 Å². The molecule has 19 heavy (non-hydrogen) atoms. The van der Waals surface area contributed by atoms with E-state index in [4.69, 9.17) is 11.0 Å². The number of nitrogens with one attached hydrogen (secondary N) is 1. The number of anilines is 3. The molecule has 2 heterocycles. The van der Waals surface area contributed by atoms with E-state index in [1.807, 2.05) is 6.07 Å². The van der Waals surface area contributed by atoms with Crippen molar-refractivity contribution >= 4 is 17.3 Å². The molecule has 96 valence electrons. The molecule has 0 radical (unpaired) electrons. The van der Waals surface area contributed by atoms with Crippen LogP contribution >= 0.6 is 0 Å². The lowest BCUT2D eigenvalue weighted by Crippen LogP contribution is -2.04. The Bertz CT molecular complexity index is 675. The zero-order valence-corrected chi connectivity index (χ0v) is 10.5.